The number of nitrogens with one attached hydrogen (secondary N) is 1. The van der Waals surface area contributed by atoms with Crippen LogP contribution in [0.3, 0.4) is 0 Å². The van der Waals surface area contributed by atoms with Crippen molar-refractivity contribution >= 4 is 0 Å². The molecule has 3 nitrogen and oxygen atoms in total. The van der Waals surface area contributed by atoms with Gasteiger partial charge in [-0.1, -0.05) is 13.3 Å². The molecule has 0 saturated heterocycles. The van der Waals surface area contributed by atoms with Crippen LogP contribution in [-0.2, 0) is 4.74 Å². The highest BCUT2D eigenvalue weighted by Gasteiger charge is 2.00. The Kier molecular flexibility index (Phi) is 9.87. The summed E-state index contributed by atoms with van der Waals surface area (Å²) >= 11 is 0. The Hall–Kier alpha value is -0.120. The minimum atomic E-state index is -0.174. The number of rotatable bonds is 9. The van der Waals surface area contributed by atoms with Crippen molar-refractivity contribution in [3.05, 3.63) is 0 Å². The lowest BCUT2D eigenvalue weighted by Crippen LogP contribution is -2.27. The van der Waals surface area contributed by atoms with Crippen molar-refractivity contribution in [2.75, 3.05) is 26.8 Å². The first-order valence-electron chi connectivity index (χ1n) is 5.19. The average molecular weight is 189 g/mol. The molecule has 0 rings (SSSR count). The molecular weight excluding hydrogens is 166 g/mol. The lowest BCUT2D eigenvalue weighted by molar-refractivity contribution is 0.159. The summed E-state index contributed by atoms with van der Waals surface area (Å²) in [5.74, 6) is 0. The molecule has 0 radical (unpaired) electrons. The summed E-state index contributed by atoms with van der Waals surface area (Å²) in [5, 5.41) is 12.6. The van der Waals surface area contributed by atoms with E-state index in [9.17, 15) is 5.11 Å². The molecular formula is C10H23NO2. The Morgan fingerprint density at radius 3 is 2.77 bits per heavy atom. The van der Waals surface area contributed by atoms with Gasteiger partial charge in [-0.25, -0.2) is 0 Å². The van der Waals surface area contributed by atoms with Crippen molar-refractivity contribution < 1.29 is 9.84 Å². The fraction of sp³-hybridized carbons (Fsp3) is 1.00. The first-order valence-corrected chi connectivity index (χ1v) is 5.19. The van der Waals surface area contributed by atoms with E-state index in [1.165, 1.54) is 0 Å². The Bertz CT molecular complexity index is 98.9. The molecule has 0 aliphatic heterocycles. The summed E-state index contributed by atoms with van der Waals surface area (Å²) in [6, 6.07) is 0. The van der Waals surface area contributed by atoms with Gasteiger partial charge in [0.25, 0.3) is 0 Å². The predicted octanol–water partition coefficient (Wildman–Crippen LogP) is 1.16. The maximum atomic E-state index is 9.36. The second-order valence-electron chi connectivity index (χ2n) is 3.35. The van der Waals surface area contributed by atoms with Crippen molar-refractivity contribution in [1.29, 1.82) is 0 Å². The van der Waals surface area contributed by atoms with Crippen LogP contribution in [0.5, 0.6) is 0 Å². The minimum Gasteiger partial charge on any atom is -0.392 e. The fourth-order valence-corrected chi connectivity index (χ4v) is 1.20. The maximum absolute atomic E-state index is 9.36. The molecule has 0 aliphatic rings. The van der Waals surface area contributed by atoms with E-state index in [0.717, 1.165) is 45.4 Å². The van der Waals surface area contributed by atoms with Gasteiger partial charge in [0.05, 0.1) is 6.10 Å². The zero-order chi connectivity index (χ0) is 9.94. The molecule has 1 atom stereocenters. The van der Waals surface area contributed by atoms with Crippen molar-refractivity contribution in [3.63, 3.8) is 0 Å². The number of aliphatic hydroxyl groups excluding tert-OH is 1. The Balaban J connectivity index is 2.97. The molecule has 0 bridgehead atoms. The van der Waals surface area contributed by atoms with E-state index < -0.39 is 0 Å². The van der Waals surface area contributed by atoms with Crippen LogP contribution in [0.4, 0.5) is 0 Å². The molecule has 0 aromatic heterocycles. The third-order valence-corrected chi connectivity index (χ3v) is 1.95. The van der Waals surface area contributed by atoms with Crippen molar-refractivity contribution in [2.45, 2.75) is 38.7 Å². The SMILES string of the molecule is CCCC(O)CNCCCCOC. The number of aliphatic hydroxyl groups is 1. The van der Waals surface area contributed by atoms with E-state index in [4.69, 9.17) is 4.74 Å². The summed E-state index contributed by atoms with van der Waals surface area (Å²) in [5.41, 5.74) is 0. The summed E-state index contributed by atoms with van der Waals surface area (Å²) in [6.45, 7) is 4.62. The molecule has 0 saturated carbocycles. The second kappa shape index (κ2) is 9.96. The molecule has 80 valence electrons. The van der Waals surface area contributed by atoms with E-state index in [1.807, 2.05) is 0 Å². The predicted molar refractivity (Wildman–Crippen MR) is 54.9 cm³/mol. The van der Waals surface area contributed by atoms with Gasteiger partial charge in [0.1, 0.15) is 0 Å². The van der Waals surface area contributed by atoms with E-state index in [1.54, 1.807) is 7.11 Å². The van der Waals surface area contributed by atoms with Crippen LogP contribution >= 0.6 is 0 Å². The van der Waals surface area contributed by atoms with E-state index in [0.29, 0.717) is 0 Å². The molecule has 1 unspecified atom stereocenters. The number of unbranched alkanes of at least 4 members (excludes halogenated alkanes) is 1. The average Bonchev–Trinajstić information content (AvgIpc) is 2.11. The van der Waals surface area contributed by atoms with Crippen molar-refractivity contribution in [2.24, 2.45) is 0 Å². The van der Waals surface area contributed by atoms with Gasteiger partial charge in [0.15, 0.2) is 0 Å². The highest BCUT2D eigenvalue weighted by Crippen LogP contribution is 1.94. The van der Waals surface area contributed by atoms with Gasteiger partial charge in [0, 0.05) is 20.3 Å². The normalized spacial score (nSPS) is 13.2. The topological polar surface area (TPSA) is 41.5 Å². The maximum Gasteiger partial charge on any atom is 0.0664 e. The van der Waals surface area contributed by atoms with E-state index in [2.05, 4.69) is 12.2 Å². The van der Waals surface area contributed by atoms with Gasteiger partial charge in [-0.15, -0.1) is 0 Å². The fourth-order valence-electron chi connectivity index (χ4n) is 1.20. The lowest BCUT2D eigenvalue weighted by Gasteiger charge is -2.10. The summed E-state index contributed by atoms with van der Waals surface area (Å²) in [7, 11) is 1.72. The third kappa shape index (κ3) is 9.80. The minimum absolute atomic E-state index is 0.174. The first-order chi connectivity index (χ1) is 6.31. The highest BCUT2D eigenvalue weighted by molar-refractivity contribution is 4.58. The van der Waals surface area contributed by atoms with Crippen LogP contribution in [0.15, 0.2) is 0 Å². The van der Waals surface area contributed by atoms with Gasteiger partial charge >= 0.3 is 0 Å². The smallest absolute Gasteiger partial charge is 0.0664 e. The number of hydrogen-bond donors (Lipinski definition) is 2. The Morgan fingerprint density at radius 1 is 1.38 bits per heavy atom. The summed E-state index contributed by atoms with van der Waals surface area (Å²) in [6.07, 6.45) is 3.98. The number of ether oxygens (including phenoxy) is 1. The van der Waals surface area contributed by atoms with Gasteiger partial charge in [-0.3, -0.25) is 0 Å². The largest absolute Gasteiger partial charge is 0.392 e. The molecule has 0 heterocycles. The molecule has 13 heavy (non-hydrogen) atoms. The zero-order valence-electron chi connectivity index (χ0n) is 8.88. The van der Waals surface area contributed by atoms with Crippen LogP contribution < -0.4 is 5.32 Å². The monoisotopic (exact) mass is 189 g/mol. The van der Waals surface area contributed by atoms with Crippen LogP contribution in [0.2, 0.25) is 0 Å². The van der Waals surface area contributed by atoms with E-state index in [-0.39, 0.29) is 6.10 Å². The third-order valence-electron chi connectivity index (χ3n) is 1.95. The van der Waals surface area contributed by atoms with Gasteiger partial charge in [-0.05, 0) is 25.8 Å². The zero-order valence-corrected chi connectivity index (χ0v) is 8.88. The number of hydrogen-bond acceptors (Lipinski definition) is 3. The lowest BCUT2D eigenvalue weighted by atomic mass is 10.2. The second-order valence-corrected chi connectivity index (χ2v) is 3.35. The molecule has 0 spiro atoms. The highest BCUT2D eigenvalue weighted by atomic mass is 16.5. The quantitative estimate of drug-likeness (QED) is 0.535. The van der Waals surface area contributed by atoms with Crippen LogP contribution in [0, 0.1) is 0 Å². The van der Waals surface area contributed by atoms with Crippen LogP contribution in [0.1, 0.15) is 32.6 Å². The summed E-state index contributed by atoms with van der Waals surface area (Å²) in [4.78, 5) is 0. The van der Waals surface area contributed by atoms with Crippen LogP contribution in [0.25, 0.3) is 0 Å². The van der Waals surface area contributed by atoms with Gasteiger partial charge in [0.2, 0.25) is 0 Å². The number of methoxy groups -OCH3 is 1. The standard InChI is InChI=1S/C10H23NO2/c1-3-6-10(12)9-11-7-4-5-8-13-2/h10-12H,3-9H2,1-2H3. The Morgan fingerprint density at radius 2 is 2.15 bits per heavy atom. The molecule has 0 fully saturated rings. The van der Waals surface area contributed by atoms with Crippen molar-refractivity contribution in [1.82, 2.24) is 5.32 Å². The molecule has 3 heteroatoms. The molecule has 2 N–H and O–H groups in total. The van der Waals surface area contributed by atoms with Crippen molar-refractivity contribution in [3.8, 4) is 0 Å². The van der Waals surface area contributed by atoms with E-state index >= 15 is 0 Å². The molecule has 0 aromatic rings. The van der Waals surface area contributed by atoms with Crippen LogP contribution in [-0.4, -0.2) is 38.0 Å². The first kappa shape index (κ1) is 12.9. The molecule has 0 amide bonds. The molecule has 0 aliphatic carbocycles. The Labute approximate surface area is 81.5 Å². The molecule has 0 aromatic carbocycles. The van der Waals surface area contributed by atoms with Gasteiger partial charge in [-0.2, -0.15) is 0 Å². The van der Waals surface area contributed by atoms with Gasteiger partial charge < -0.3 is 15.2 Å². The summed E-state index contributed by atoms with van der Waals surface area (Å²) < 4.78 is 4.93.